The highest BCUT2D eigenvalue weighted by atomic mass is 32.2. The van der Waals surface area contributed by atoms with E-state index in [1.165, 1.54) is 23.9 Å². The first-order chi connectivity index (χ1) is 6.59. The molecule has 0 saturated heterocycles. The maximum atomic E-state index is 12.9. The molecule has 4 heteroatoms. The van der Waals surface area contributed by atoms with Gasteiger partial charge in [-0.3, -0.25) is 4.79 Å². The molecule has 1 aromatic carbocycles. The third-order valence-corrected chi connectivity index (χ3v) is 3.61. The quantitative estimate of drug-likeness (QED) is 0.777. The fraction of sp³-hybridized carbons (Fsp3) is 0.300. The van der Waals surface area contributed by atoms with Crippen molar-refractivity contribution in [1.82, 2.24) is 0 Å². The summed E-state index contributed by atoms with van der Waals surface area (Å²) in [5.74, 6) is -1.65. The van der Waals surface area contributed by atoms with Crippen LogP contribution in [0, 0.1) is 5.82 Å². The lowest BCUT2D eigenvalue weighted by Crippen LogP contribution is -2.16. The molecule has 2 unspecified atom stereocenters. The zero-order valence-corrected chi connectivity index (χ0v) is 8.34. The van der Waals surface area contributed by atoms with Crippen molar-refractivity contribution >= 4 is 17.7 Å². The van der Waals surface area contributed by atoms with Crippen LogP contribution in [-0.2, 0) is 4.79 Å². The number of aliphatic carboxylic acids is 1. The standard InChI is InChI=1S/C10H9FO2S/c1-5-9(10(12)13)7-3-2-6(11)4-8(7)14-5/h2-5,9H,1H3,(H,12,13). The van der Waals surface area contributed by atoms with Gasteiger partial charge in [0.15, 0.2) is 0 Å². The van der Waals surface area contributed by atoms with Crippen molar-refractivity contribution in [2.45, 2.75) is 23.0 Å². The molecule has 0 spiro atoms. The number of thioether (sulfide) groups is 1. The van der Waals surface area contributed by atoms with E-state index < -0.39 is 11.9 Å². The summed E-state index contributed by atoms with van der Waals surface area (Å²) in [6.45, 7) is 1.85. The van der Waals surface area contributed by atoms with Crippen LogP contribution in [0.4, 0.5) is 4.39 Å². The first-order valence-corrected chi connectivity index (χ1v) is 5.16. The Bertz CT molecular complexity index is 392. The minimum absolute atomic E-state index is 0.0238. The summed E-state index contributed by atoms with van der Waals surface area (Å²) >= 11 is 1.42. The van der Waals surface area contributed by atoms with Gasteiger partial charge in [0.25, 0.3) is 0 Å². The molecule has 0 saturated carbocycles. The van der Waals surface area contributed by atoms with Gasteiger partial charge in [0.2, 0.25) is 0 Å². The zero-order valence-electron chi connectivity index (χ0n) is 7.53. The largest absolute Gasteiger partial charge is 0.481 e. The van der Waals surface area contributed by atoms with Gasteiger partial charge in [-0.1, -0.05) is 13.0 Å². The number of carbonyl (C=O) groups is 1. The van der Waals surface area contributed by atoms with E-state index in [0.717, 1.165) is 10.5 Å². The lowest BCUT2D eigenvalue weighted by molar-refractivity contribution is -0.138. The number of carboxylic acid groups (broad SMARTS) is 1. The highest BCUT2D eigenvalue weighted by Gasteiger charge is 2.35. The molecule has 2 atom stereocenters. The van der Waals surface area contributed by atoms with Crippen LogP contribution in [0.2, 0.25) is 0 Å². The van der Waals surface area contributed by atoms with Crippen LogP contribution in [0.15, 0.2) is 23.1 Å². The summed E-state index contributed by atoms with van der Waals surface area (Å²) < 4.78 is 12.9. The summed E-state index contributed by atoms with van der Waals surface area (Å²) in [5, 5.41) is 8.97. The predicted molar refractivity (Wildman–Crippen MR) is 52.1 cm³/mol. The summed E-state index contributed by atoms with van der Waals surface area (Å²) in [5.41, 5.74) is 0.733. The Hall–Kier alpha value is -1.03. The molecule has 0 aliphatic carbocycles. The van der Waals surface area contributed by atoms with Crippen molar-refractivity contribution in [3.63, 3.8) is 0 Å². The molecule has 74 valence electrons. The third kappa shape index (κ3) is 1.39. The predicted octanol–water partition coefficient (Wildman–Crippen LogP) is 2.49. The second-order valence-corrected chi connectivity index (χ2v) is 4.74. The molecule has 1 heterocycles. The van der Waals surface area contributed by atoms with Crippen LogP contribution < -0.4 is 0 Å². The Balaban J connectivity index is 2.48. The number of hydrogen-bond donors (Lipinski definition) is 1. The van der Waals surface area contributed by atoms with Crippen molar-refractivity contribution < 1.29 is 14.3 Å². The maximum Gasteiger partial charge on any atom is 0.312 e. The minimum Gasteiger partial charge on any atom is -0.481 e. The molecule has 2 nitrogen and oxygen atoms in total. The van der Waals surface area contributed by atoms with Crippen molar-refractivity contribution in [1.29, 1.82) is 0 Å². The molecule has 1 N–H and O–H groups in total. The van der Waals surface area contributed by atoms with E-state index in [1.807, 2.05) is 6.92 Å². The molecule has 0 fully saturated rings. The topological polar surface area (TPSA) is 37.3 Å². The number of hydrogen-bond acceptors (Lipinski definition) is 2. The Labute approximate surface area is 85.1 Å². The van der Waals surface area contributed by atoms with Gasteiger partial charge in [-0.15, -0.1) is 11.8 Å². The average Bonchev–Trinajstić information content (AvgIpc) is 2.39. The van der Waals surface area contributed by atoms with Crippen molar-refractivity contribution in [2.75, 3.05) is 0 Å². The minimum atomic E-state index is -0.838. The number of halogens is 1. The number of benzene rings is 1. The molecule has 0 bridgehead atoms. The molecule has 0 radical (unpaired) electrons. The summed E-state index contributed by atoms with van der Waals surface area (Å²) in [7, 11) is 0. The van der Waals surface area contributed by atoms with Crippen molar-refractivity contribution in [3.05, 3.63) is 29.6 Å². The smallest absolute Gasteiger partial charge is 0.312 e. The van der Waals surface area contributed by atoms with Crippen LogP contribution >= 0.6 is 11.8 Å². The maximum absolute atomic E-state index is 12.9. The number of rotatable bonds is 1. The lowest BCUT2D eigenvalue weighted by Gasteiger charge is -2.08. The summed E-state index contributed by atoms with van der Waals surface area (Å²) in [6, 6.07) is 4.28. The normalized spacial score (nSPS) is 24.7. The Kier molecular flexibility index (Phi) is 2.23. The van der Waals surface area contributed by atoms with E-state index in [9.17, 15) is 9.18 Å². The average molecular weight is 212 g/mol. The fourth-order valence-corrected chi connectivity index (χ4v) is 3.03. The third-order valence-electron chi connectivity index (χ3n) is 2.36. The SMILES string of the molecule is CC1Sc2cc(F)ccc2C1C(=O)O. The molecule has 0 amide bonds. The highest BCUT2D eigenvalue weighted by Crippen LogP contribution is 2.45. The van der Waals surface area contributed by atoms with E-state index in [4.69, 9.17) is 5.11 Å². The van der Waals surface area contributed by atoms with Crippen LogP contribution in [0.5, 0.6) is 0 Å². The molecule has 2 rings (SSSR count). The number of fused-ring (bicyclic) bond motifs is 1. The lowest BCUT2D eigenvalue weighted by atomic mass is 9.97. The molecule has 0 aromatic heterocycles. The molecule has 14 heavy (non-hydrogen) atoms. The van der Waals surface area contributed by atoms with Crippen LogP contribution in [0.3, 0.4) is 0 Å². The van der Waals surface area contributed by atoms with Gasteiger partial charge in [0, 0.05) is 10.1 Å². The van der Waals surface area contributed by atoms with Gasteiger partial charge in [0.1, 0.15) is 5.82 Å². The molecule has 1 aliphatic heterocycles. The van der Waals surface area contributed by atoms with Crippen LogP contribution in [0.25, 0.3) is 0 Å². The Morgan fingerprint density at radius 3 is 2.93 bits per heavy atom. The van der Waals surface area contributed by atoms with Crippen LogP contribution in [-0.4, -0.2) is 16.3 Å². The first-order valence-electron chi connectivity index (χ1n) is 4.28. The monoisotopic (exact) mass is 212 g/mol. The van der Waals surface area contributed by atoms with Crippen LogP contribution in [0.1, 0.15) is 18.4 Å². The summed E-state index contributed by atoms with van der Waals surface area (Å²) in [4.78, 5) is 11.7. The highest BCUT2D eigenvalue weighted by molar-refractivity contribution is 8.00. The molecule has 1 aliphatic rings. The van der Waals surface area contributed by atoms with Gasteiger partial charge >= 0.3 is 5.97 Å². The molecule has 1 aromatic rings. The van der Waals surface area contributed by atoms with Gasteiger partial charge in [0.05, 0.1) is 5.92 Å². The zero-order chi connectivity index (χ0) is 10.3. The van der Waals surface area contributed by atoms with E-state index >= 15 is 0 Å². The van der Waals surface area contributed by atoms with Gasteiger partial charge < -0.3 is 5.11 Å². The molecular formula is C10H9FO2S. The van der Waals surface area contributed by atoms with Gasteiger partial charge in [-0.05, 0) is 17.7 Å². The second kappa shape index (κ2) is 3.28. The Morgan fingerprint density at radius 2 is 2.29 bits per heavy atom. The van der Waals surface area contributed by atoms with E-state index in [0.29, 0.717) is 0 Å². The fourth-order valence-electron chi connectivity index (χ4n) is 1.72. The summed E-state index contributed by atoms with van der Waals surface area (Å²) in [6.07, 6.45) is 0. The second-order valence-electron chi connectivity index (χ2n) is 3.32. The number of carboxylic acids is 1. The van der Waals surface area contributed by atoms with Crippen molar-refractivity contribution in [2.24, 2.45) is 0 Å². The Morgan fingerprint density at radius 1 is 1.57 bits per heavy atom. The van der Waals surface area contributed by atoms with Gasteiger partial charge in [-0.25, -0.2) is 4.39 Å². The molecular weight excluding hydrogens is 203 g/mol. The van der Waals surface area contributed by atoms with Gasteiger partial charge in [-0.2, -0.15) is 0 Å². The van der Waals surface area contributed by atoms with Crippen molar-refractivity contribution in [3.8, 4) is 0 Å². The van der Waals surface area contributed by atoms with E-state index in [-0.39, 0.29) is 11.1 Å². The van der Waals surface area contributed by atoms with E-state index in [2.05, 4.69) is 0 Å². The van der Waals surface area contributed by atoms with E-state index in [1.54, 1.807) is 6.07 Å². The first kappa shape index (κ1) is 9.52.